The van der Waals surface area contributed by atoms with E-state index in [1.807, 2.05) is 6.07 Å². The molecule has 0 amide bonds. The minimum atomic E-state index is 0. The van der Waals surface area contributed by atoms with E-state index in [0.717, 1.165) is 26.1 Å². The Bertz CT molecular complexity index is 362. The Morgan fingerprint density at radius 1 is 0.720 bits per heavy atom. The molecule has 4 heteroatoms. The van der Waals surface area contributed by atoms with Crippen molar-refractivity contribution in [2.45, 2.75) is 77.7 Å². The molecule has 0 aliphatic carbocycles. The van der Waals surface area contributed by atoms with Crippen molar-refractivity contribution in [3.8, 4) is 0 Å². The molecule has 0 saturated heterocycles. The molecule has 0 aliphatic rings. The summed E-state index contributed by atoms with van der Waals surface area (Å²) in [6, 6.07) is 10.5. The number of benzene rings is 1. The third kappa shape index (κ3) is 16.6. The van der Waals surface area contributed by atoms with Gasteiger partial charge in [-0.1, -0.05) is 95.0 Å². The normalized spacial score (nSPS) is 10.6. The average Bonchev–Trinajstić information content (AvgIpc) is 2.62. The maximum atomic E-state index is 5.24. The Balaban J connectivity index is 0.00000576. The van der Waals surface area contributed by atoms with Crippen molar-refractivity contribution in [1.82, 2.24) is 0 Å². The van der Waals surface area contributed by atoms with Crippen molar-refractivity contribution < 1.29 is 27.5 Å². The molecular weight excluding hydrogens is 334 g/mol. The van der Waals surface area contributed by atoms with Crippen molar-refractivity contribution in [3.05, 3.63) is 35.9 Å². The lowest BCUT2D eigenvalue weighted by molar-refractivity contribution is -0.675. The van der Waals surface area contributed by atoms with Crippen LogP contribution in [-0.2, 0) is 16.3 Å². The highest BCUT2D eigenvalue weighted by atomic mass is 35.5. The van der Waals surface area contributed by atoms with E-state index < -0.39 is 0 Å². The zero-order valence-corrected chi connectivity index (χ0v) is 16.8. The van der Waals surface area contributed by atoms with Gasteiger partial charge in [-0.15, -0.1) is 0 Å². The van der Waals surface area contributed by atoms with Crippen molar-refractivity contribution in [2.75, 3.05) is 19.8 Å². The summed E-state index contributed by atoms with van der Waals surface area (Å²) >= 11 is 0. The molecule has 0 saturated carbocycles. The van der Waals surface area contributed by atoms with Crippen LogP contribution in [0.1, 0.15) is 76.7 Å². The number of hydrogen-bond acceptors (Lipinski definition) is 2. The molecule has 0 radical (unpaired) electrons. The van der Waals surface area contributed by atoms with Crippen LogP contribution in [0.4, 0.5) is 0 Å². The lowest BCUT2D eigenvalue weighted by Gasteiger charge is -2.05. The predicted molar refractivity (Wildman–Crippen MR) is 101 cm³/mol. The summed E-state index contributed by atoms with van der Waals surface area (Å²) in [6.45, 7) is 5.60. The topological polar surface area (TPSA) is 35.1 Å². The Morgan fingerprint density at radius 3 is 1.92 bits per heavy atom. The van der Waals surface area contributed by atoms with Crippen LogP contribution < -0.4 is 17.7 Å². The number of nitrogens with two attached hydrogens (primary N) is 1. The smallest absolute Gasteiger partial charge is 0.131 e. The van der Waals surface area contributed by atoms with Gasteiger partial charge >= 0.3 is 0 Å². The van der Waals surface area contributed by atoms with Crippen LogP contribution in [0, 0.1) is 0 Å². The van der Waals surface area contributed by atoms with Gasteiger partial charge in [-0.25, -0.2) is 9.78 Å². The lowest BCUT2D eigenvalue weighted by Crippen LogP contribution is -3.00. The van der Waals surface area contributed by atoms with Crippen molar-refractivity contribution >= 4 is 0 Å². The molecule has 0 fully saturated rings. The zero-order chi connectivity index (χ0) is 17.1. The number of unbranched alkanes of at least 4 members (excludes halogenated alkanes) is 9. The molecule has 0 spiro atoms. The van der Waals surface area contributed by atoms with Crippen molar-refractivity contribution in [2.24, 2.45) is 0 Å². The van der Waals surface area contributed by atoms with Crippen LogP contribution in [-0.4, -0.2) is 19.8 Å². The van der Waals surface area contributed by atoms with Crippen LogP contribution in [0.3, 0.4) is 0 Å². The second kappa shape index (κ2) is 19.7. The number of rotatable bonds is 17. The van der Waals surface area contributed by atoms with Gasteiger partial charge in [-0.3, -0.25) is 0 Å². The van der Waals surface area contributed by atoms with Crippen molar-refractivity contribution in [3.63, 3.8) is 0 Å². The van der Waals surface area contributed by atoms with Gasteiger partial charge in [-0.2, -0.15) is 0 Å². The first-order valence-corrected chi connectivity index (χ1v) is 10.0. The van der Waals surface area contributed by atoms with Crippen LogP contribution in [0.2, 0.25) is 0 Å². The van der Waals surface area contributed by atoms with E-state index in [2.05, 4.69) is 36.5 Å². The van der Waals surface area contributed by atoms with Crippen LogP contribution in [0.25, 0.3) is 0 Å². The molecule has 1 aromatic rings. The number of quaternary nitrogens is 1. The summed E-state index contributed by atoms with van der Waals surface area (Å²) in [7, 11) is 0. The molecule has 0 bridgehead atoms. The Labute approximate surface area is 161 Å². The minimum Gasteiger partial charge on any atom is -1.00 e. The third-order valence-electron chi connectivity index (χ3n) is 4.29. The van der Waals surface area contributed by atoms with Gasteiger partial charge in [0.1, 0.15) is 19.7 Å². The molecule has 0 unspecified atom stereocenters. The lowest BCUT2D eigenvalue weighted by atomic mass is 10.1. The monoisotopic (exact) mass is 371 g/mol. The van der Waals surface area contributed by atoms with E-state index >= 15 is 0 Å². The van der Waals surface area contributed by atoms with Gasteiger partial charge in [0.25, 0.3) is 0 Å². The fourth-order valence-corrected chi connectivity index (χ4v) is 2.78. The van der Waals surface area contributed by atoms with Gasteiger partial charge in [0.15, 0.2) is 0 Å². The highest BCUT2D eigenvalue weighted by molar-refractivity contribution is 5.12. The molecule has 1 rings (SSSR count). The summed E-state index contributed by atoms with van der Waals surface area (Å²) in [5, 5.41) is 2.25. The van der Waals surface area contributed by atoms with Gasteiger partial charge in [0.05, 0.1) is 6.61 Å². The molecule has 3 nitrogen and oxygen atoms in total. The molecule has 1 aromatic carbocycles. The SMILES string of the molecule is CCCCCCCCCCCCOOCC[NH2+]Cc1ccccc1.[Cl-]. The third-order valence-corrected chi connectivity index (χ3v) is 4.29. The molecule has 0 aromatic heterocycles. The molecule has 0 aliphatic heterocycles. The van der Waals surface area contributed by atoms with Gasteiger partial charge in [0, 0.05) is 5.56 Å². The first-order chi connectivity index (χ1) is 11.9. The van der Waals surface area contributed by atoms with Crippen LogP contribution >= 0.6 is 0 Å². The second-order valence-corrected chi connectivity index (χ2v) is 6.59. The fraction of sp³-hybridized carbons (Fsp3) is 0.714. The molecule has 2 N–H and O–H groups in total. The summed E-state index contributed by atoms with van der Waals surface area (Å²) in [6.07, 6.45) is 13.5. The first kappa shape index (κ1) is 24.4. The summed E-state index contributed by atoms with van der Waals surface area (Å²) < 4.78 is 0. The zero-order valence-electron chi connectivity index (χ0n) is 16.1. The van der Waals surface area contributed by atoms with E-state index in [4.69, 9.17) is 9.78 Å². The highest BCUT2D eigenvalue weighted by Gasteiger charge is 1.96. The number of halogens is 1. The molecule has 146 valence electrons. The maximum Gasteiger partial charge on any atom is 0.131 e. The van der Waals surface area contributed by atoms with E-state index in [1.54, 1.807) is 0 Å². The fourth-order valence-electron chi connectivity index (χ4n) is 2.78. The molecule has 0 atom stereocenters. The van der Waals surface area contributed by atoms with Crippen molar-refractivity contribution in [1.29, 1.82) is 0 Å². The largest absolute Gasteiger partial charge is 1.00 e. The summed E-state index contributed by atoms with van der Waals surface area (Å²) in [5.74, 6) is 0. The van der Waals surface area contributed by atoms with E-state index in [9.17, 15) is 0 Å². The standard InChI is InChI=1S/C21H37NO2.ClH/c1-2-3-4-5-6-7-8-9-10-14-18-23-24-19-17-22-20-21-15-12-11-13-16-21;/h11-13,15-16,22H,2-10,14,17-20H2,1H3;1H. The van der Waals surface area contributed by atoms with Crippen LogP contribution in [0.5, 0.6) is 0 Å². The van der Waals surface area contributed by atoms with Gasteiger partial charge < -0.3 is 17.7 Å². The van der Waals surface area contributed by atoms with Gasteiger partial charge in [0.2, 0.25) is 0 Å². The van der Waals surface area contributed by atoms with E-state index in [0.29, 0.717) is 6.61 Å². The van der Waals surface area contributed by atoms with E-state index in [1.165, 1.54) is 63.4 Å². The quantitative estimate of drug-likeness (QED) is 0.256. The van der Waals surface area contributed by atoms with Crippen LogP contribution in [0.15, 0.2) is 30.3 Å². The Kier molecular flexibility index (Phi) is 19.2. The Hall–Kier alpha value is -0.610. The molecule has 25 heavy (non-hydrogen) atoms. The molecular formula is C21H38ClNO2. The molecule has 0 heterocycles. The second-order valence-electron chi connectivity index (χ2n) is 6.59. The van der Waals surface area contributed by atoms with Gasteiger partial charge in [-0.05, 0) is 6.42 Å². The minimum absolute atomic E-state index is 0. The summed E-state index contributed by atoms with van der Waals surface area (Å²) in [5.41, 5.74) is 1.35. The number of hydrogen-bond donors (Lipinski definition) is 1. The Morgan fingerprint density at radius 2 is 1.28 bits per heavy atom. The predicted octanol–water partition coefficient (Wildman–Crippen LogP) is 1.62. The summed E-state index contributed by atoms with van der Waals surface area (Å²) in [4.78, 5) is 10.5. The van der Waals surface area contributed by atoms with E-state index in [-0.39, 0.29) is 12.4 Å². The maximum absolute atomic E-state index is 5.24. The highest BCUT2D eigenvalue weighted by Crippen LogP contribution is 2.10. The first-order valence-electron chi connectivity index (χ1n) is 10.0. The average molecular weight is 372 g/mol.